The van der Waals surface area contributed by atoms with Gasteiger partial charge in [0.15, 0.2) is 0 Å². The van der Waals surface area contributed by atoms with E-state index in [4.69, 9.17) is 11.6 Å². The number of anilines is 1. The summed E-state index contributed by atoms with van der Waals surface area (Å²) in [6.07, 6.45) is 1.70. The van der Waals surface area contributed by atoms with Crippen molar-refractivity contribution in [1.82, 2.24) is 9.97 Å². The van der Waals surface area contributed by atoms with E-state index < -0.39 is 0 Å². The van der Waals surface area contributed by atoms with Crippen molar-refractivity contribution in [2.75, 3.05) is 5.43 Å². The van der Waals surface area contributed by atoms with Gasteiger partial charge in [0.1, 0.15) is 0 Å². The van der Waals surface area contributed by atoms with Gasteiger partial charge in [-0.05, 0) is 31.0 Å². The van der Waals surface area contributed by atoms with Crippen molar-refractivity contribution in [2.24, 2.45) is 5.10 Å². The number of H-pyrrole nitrogens is 1. The molecule has 0 aliphatic rings. The fraction of sp³-hybridized carbons (Fsp3) is 0.267. The van der Waals surface area contributed by atoms with Gasteiger partial charge in [0.05, 0.1) is 5.71 Å². The lowest BCUT2D eigenvalue weighted by Gasteiger charge is -2.04. The minimum Gasteiger partial charge on any atom is -0.291 e. The summed E-state index contributed by atoms with van der Waals surface area (Å²) in [5.41, 5.74) is 5.07. The minimum absolute atomic E-state index is 0.185. The number of benzene rings is 1. The van der Waals surface area contributed by atoms with Crippen LogP contribution in [0.1, 0.15) is 31.5 Å². The molecule has 1 heterocycles. The maximum Gasteiger partial charge on any atom is 0.252 e. The summed E-state index contributed by atoms with van der Waals surface area (Å²) in [4.78, 5) is 18.5. The van der Waals surface area contributed by atoms with Crippen molar-refractivity contribution in [3.05, 3.63) is 57.0 Å². The Morgan fingerprint density at radius 2 is 2.10 bits per heavy atom. The minimum atomic E-state index is -0.185. The van der Waals surface area contributed by atoms with Gasteiger partial charge >= 0.3 is 0 Å². The second-order valence-corrected chi connectivity index (χ2v) is 5.09. The predicted octanol–water partition coefficient (Wildman–Crippen LogP) is 3.21. The van der Waals surface area contributed by atoms with Crippen LogP contribution >= 0.6 is 11.6 Å². The van der Waals surface area contributed by atoms with Crippen LogP contribution in [0.5, 0.6) is 0 Å². The Kier molecular flexibility index (Phi) is 5.11. The van der Waals surface area contributed by atoms with Crippen molar-refractivity contribution < 1.29 is 0 Å². The normalized spacial score (nSPS) is 11.5. The first-order valence-electron chi connectivity index (χ1n) is 6.75. The molecule has 0 unspecified atom stereocenters. The third-order valence-electron chi connectivity index (χ3n) is 2.89. The molecule has 0 aliphatic carbocycles. The summed E-state index contributed by atoms with van der Waals surface area (Å²) < 4.78 is 0. The molecule has 1 aromatic heterocycles. The van der Waals surface area contributed by atoms with E-state index in [0.717, 1.165) is 29.8 Å². The molecule has 110 valence electrons. The van der Waals surface area contributed by atoms with Crippen LogP contribution in [0.4, 0.5) is 5.95 Å². The maximum absolute atomic E-state index is 11.5. The van der Waals surface area contributed by atoms with Gasteiger partial charge in [0.25, 0.3) is 5.56 Å². The largest absolute Gasteiger partial charge is 0.291 e. The molecule has 0 bridgehead atoms. The molecule has 2 N–H and O–H groups in total. The number of aromatic nitrogens is 2. The molecular weight excluding hydrogens is 288 g/mol. The molecule has 0 radical (unpaired) electrons. The molecule has 0 amide bonds. The molecule has 21 heavy (non-hydrogen) atoms. The molecule has 0 saturated carbocycles. The highest BCUT2D eigenvalue weighted by atomic mass is 35.5. The average molecular weight is 305 g/mol. The SMILES string of the molecule is CCCc1cc(=O)[nH]c(N/N=C(\C)c2ccc(Cl)cc2)n1. The zero-order chi connectivity index (χ0) is 15.2. The fourth-order valence-electron chi connectivity index (χ4n) is 1.84. The number of rotatable bonds is 5. The van der Waals surface area contributed by atoms with Crippen LogP contribution in [0.25, 0.3) is 0 Å². The number of nitrogens with zero attached hydrogens (tertiary/aromatic N) is 2. The number of hydrazone groups is 1. The number of halogens is 1. The van der Waals surface area contributed by atoms with E-state index in [9.17, 15) is 4.79 Å². The smallest absolute Gasteiger partial charge is 0.252 e. The van der Waals surface area contributed by atoms with Crippen LogP contribution in [0.3, 0.4) is 0 Å². The van der Waals surface area contributed by atoms with Crippen molar-refractivity contribution in [3.63, 3.8) is 0 Å². The highest BCUT2D eigenvalue weighted by Gasteiger charge is 2.01. The topological polar surface area (TPSA) is 70.1 Å². The summed E-state index contributed by atoms with van der Waals surface area (Å²) in [5.74, 6) is 0.347. The molecule has 1 aromatic carbocycles. The Bertz CT molecular complexity index is 692. The van der Waals surface area contributed by atoms with Crippen molar-refractivity contribution >= 4 is 23.3 Å². The number of aryl methyl sites for hydroxylation is 1. The summed E-state index contributed by atoms with van der Waals surface area (Å²) in [6, 6.07) is 8.87. The van der Waals surface area contributed by atoms with E-state index in [2.05, 4.69) is 20.5 Å². The molecule has 0 spiro atoms. The van der Waals surface area contributed by atoms with Gasteiger partial charge in [-0.1, -0.05) is 37.1 Å². The molecule has 0 saturated heterocycles. The maximum atomic E-state index is 11.5. The van der Waals surface area contributed by atoms with E-state index in [1.807, 2.05) is 26.0 Å². The van der Waals surface area contributed by atoms with E-state index in [1.54, 1.807) is 12.1 Å². The Morgan fingerprint density at radius 1 is 1.38 bits per heavy atom. The van der Waals surface area contributed by atoms with Crippen molar-refractivity contribution in [1.29, 1.82) is 0 Å². The molecule has 2 aromatic rings. The van der Waals surface area contributed by atoms with Gasteiger partial charge in [0, 0.05) is 16.8 Å². The lowest BCUT2D eigenvalue weighted by Crippen LogP contribution is -2.12. The van der Waals surface area contributed by atoms with Gasteiger partial charge in [-0.3, -0.25) is 9.78 Å². The van der Waals surface area contributed by atoms with Gasteiger partial charge in [-0.2, -0.15) is 5.10 Å². The number of hydrogen-bond acceptors (Lipinski definition) is 4. The quantitative estimate of drug-likeness (QED) is 0.658. The first-order chi connectivity index (χ1) is 10.1. The second kappa shape index (κ2) is 7.04. The number of hydrogen-bond donors (Lipinski definition) is 2. The molecular formula is C15H17ClN4O. The van der Waals surface area contributed by atoms with Crippen LogP contribution < -0.4 is 11.0 Å². The monoisotopic (exact) mass is 304 g/mol. The number of nitrogens with one attached hydrogen (secondary N) is 2. The molecule has 0 fully saturated rings. The van der Waals surface area contributed by atoms with Crippen LogP contribution in [0, 0.1) is 0 Å². The highest BCUT2D eigenvalue weighted by molar-refractivity contribution is 6.30. The zero-order valence-electron chi connectivity index (χ0n) is 12.0. The van der Waals surface area contributed by atoms with E-state index in [0.29, 0.717) is 11.0 Å². The Labute approximate surface area is 128 Å². The third kappa shape index (κ3) is 4.43. The highest BCUT2D eigenvalue weighted by Crippen LogP contribution is 2.10. The third-order valence-corrected chi connectivity index (χ3v) is 3.14. The average Bonchev–Trinajstić information content (AvgIpc) is 2.45. The van der Waals surface area contributed by atoms with E-state index in [-0.39, 0.29) is 5.56 Å². The van der Waals surface area contributed by atoms with Crippen LogP contribution in [0.2, 0.25) is 5.02 Å². The Hall–Kier alpha value is -2.14. The van der Waals surface area contributed by atoms with Gasteiger partial charge in [0.2, 0.25) is 5.95 Å². The zero-order valence-corrected chi connectivity index (χ0v) is 12.7. The molecule has 2 rings (SSSR count). The summed E-state index contributed by atoms with van der Waals surface area (Å²) in [5, 5.41) is 4.91. The lowest BCUT2D eigenvalue weighted by atomic mass is 10.1. The second-order valence-electron chi connectivity index (χ2n) is 4.65. The Morgan fingerprint density at radius 3 is 2.76 bits per heavy atom. The number of aromatic amines is 1. The molecule has 5 nitrogen and oxygen atoms in total. The van der Waals surface area contributed by atoms with Crippen LogP contribution in [0.15, 0.2) is 40.2 Å². The van der Waals surface area contributed by atoms with E-state index >= 15 is 0 Å². The van der Waals surface area contributed by atoms with Crippen molar-refractivity contribution in [2.45, 2.75) is 26.7 Å². The molecule has 0 aliphatic heterocycles. The summed E-state index contributed by atoms with van der Waals surface area (Å²) >= 11 is 5.85. The van der Waals surface area contributed by atoms with Gasteiger partial charge in [-0.15, -0.1) is 0 Å². The molecule has 0 atom stereocenters. The first kappa shape index (κ1) is 15.3. The van der Waals surface area contributed by atoms with Gasteiger partial charge < -0.3 is 0 Å². The lowest BCUT2D eigenvalue weighted by molar-refractivity contribution is 0.867. The van der Waals surface area contributed by atoms with E-state index in [1.165, 1.54) is 6.07 Å². The van der Waals surface area contributed by atoms with Crippen molar-refractivity contribution in [3.8, 4) is 0 Å². The summed E-state index contributed by atoms with van der Waals surface area (Å²) in [6.45, 7) is 3.91. The standard InChI is InChI=1S/C15H17ClN4O/c1-3-4-13-9-14(21)18-15(17-13)20-19-10(2)11-5-7-12(16)8-6-11/h5-9H,3-4H2,1-2H3,(H2,17,18,20,21)/b19-10+. The summed E-state index contributed by atoms with van der Waals surface area (Å²) in [7, 11) is 0. The fourth-order valence-corrected chi connectivity index (χ4v) is 1.96. The molecule has 6 heteroatoms. The van der Waals surface area contributed by atoms with Gasteiger partial charge in [-0.25, -0.2) is 10.4 Å². The van der Waals surface area contributed by atoms with Crippen LogP contribution in [-0.4, -0.2) is 15.7 Å². The van der Waals surface area contributed by atoms with Crippen LogP contribution in [-0.2, 0) is 6.42 Å². The first-order valence-corrected chi connectivity index (χ1v) is 7.12. The predicted molar refractivity (Wildman–Crippen MR) is 86.1 cm³/mol. The Balaban J connectivity index is 2.16.